The van der Waals surface area contributed by atoms with Gasteiger partial charge in [0, 0.05) is 12.1 Å². The molecule has 2 aromatic rings. The summed E-state index contributed by atoms with van der Waals surface area (Å²) >= 11 is 0. The van der Waals surface area contributed by atoms with Crippen LogP contribution in [0.5, 0.6) is 5.75 Å². The molecule has 2 rings (SSSR count). The number of hydrogen-bond acceptors (Lipinski definition) is 6. The Kier molecular flexibility index (Phi) is 8.52. The predicted octanol–water partition coefficient (Wildman–Crippen LogP) is 2.00. The lowest BCUT2D eigenvalue weighted by molar-refractivity contribution is -0.151. The summed E-state index contributed by atoms with van der Waals surface area (Å²) < 4.78 is 51.1. The number of carbonyl (C=O) groups excluding carboxylic acids is 2. The van der Waals surface area contributed by atoms with Gasteiger partial charge in [-0.15, -0.1) is 0 Å². The third-order valence-corrected chi connectivity index (χ3v) is 5.81. The van der Waals surface area contributed by atoms with Gasteiger partial charge in [0.25, 0.3) is 5.91 Å². The fraction of sp³-hybridized carbons (Fsp3) is 0.333. The summed E-state index contributed by atoms with van der Waals surface area (Å²) in [5.41, 5.74) is 0.287. The Hall–Kier alpha value is -2.98. The fourth-order valence-corrected chi connectivity index (χ4v) is 3.89. The SMILES string of the molecule is COc1ccc(S(=O)(=O)N[C@H](C(=O)OCC(=O)NCc2ccccc2F)C(C)C)cc1. The molecule has 1 amide bonds. The molecule has 2 N–H and O–H groups in total. The molecule has 1 atom stereocenters. The van der Waals surface area contributed by atoms with Crippen molar-refractivity contribution in [2.45, 2.75) is 31.3 Å². The number of halogens is 1. The van der Waals surface area contributed by atoms with Crippen molar-refractivity contribution in [3.8, 4) is 5.75 Å². The average molecular weight is 453 g/mol. The van der Waals surface area contributed by atoms with Crippen molar-refractivity contribution in [1.29, 1.82) is 0 Å². The number of amides is 1. The number of benzene rings is 2. The van der Waals surface area contributed by atoms with Gasteiger partial charge < -0.3 is 14.8 Å². The molecular weight excluding hydrogens is 427 g/mol. The van der Waals surface area contributed by atoms with E-state index < -0.39 is 46.3 Å². The molecule has 0 spiro atoms. The second-order valence-electron chi connectivity index (χ2n) is 6.99. The van der Waals surface area contributed by atoms with Crippen LogP contribution in [0, 0.1) is 11.7 Å². The van der Waals surface area contributed by atoms with Crippen LogP contribution in [0.15, 0.2) is 53.4 Å². The highest BCUT2D eigenvalue weighted by atomic mass is 32.2. The van der Waals surface area contributed by atoms with Gasteiger partial charge in [0.1, 0.15) is 17.6 Å². The van der Waals surface area contributed by atoms with E-state index in [1.54, 1.807) is 19.9 Å². The van der Waals surface area contributed by atoms with E-state index in [2.05, 4.69) is 10.0 Å². The second-order valence-corrected chi connectivity index (χ2v) is 8.71. The molecule has 168 valence electrons. The van der Waals surface area contributed by atoms with E-state index in [0.717, 1.165) is 0 Å². The lowest BCUT2D eigenvalue weighted by Gasteiger charge is -2.20. The molecule has 0 bridgehead atoms. The molecule has 0 unspecified atom stereocenters. The van der Waals surface area contributed by atoms with Crippen LogP contribution in [-0.2, 0) is 30.9 Å². The first-order valence-corrected chi connectivity index (χ1v) is 11.0. The monoisotopic (exact) mass is 452 g/mol. The maximum absolute atomic E-state index is 13.6. The zero-order chi connectivity index (χ0) is 23.0. The Bertz CT molecular complexity index is 1010. The second kappa shape index (κ2) is 10.9. The average Bonchev–Trinajstić information content (AvgIpc) is 2.75. The summed E-state index contributed by atoms with van der Waals surface area (Å²) in [6, 6.07) is 10.4. The highest BCUT2D eigenvalue weighted by Gasteiger charge is 2.30. The molecule has 2 aromatic carbocycles. The summed E-state index contributed by atoms with van der Waals surface area (Å²) in [6.07, 6.45) is 0. The van der Waals surface area contributed by atoms with E-state index >= 15 is 0 Å². The zero-order valence-corrected chi connectivity index (χ0v) is 18.2. The van der Waals surface area contributed by atoms with Gasteiger partial charge in [-0.05, 0) is 36.2 Å². The summed E-state index contributed by atoms with van der Waals surface area (Å²) in [7, 11) is -2.56. The van der Waals surface area contributed by atoms with Crippen molar-refractivity contribution in [1.82, 2.24) is 10.0 Å². The van der Waals surface area contributed by atoms with Gasteiger partial charge in [-0.25, -0.2) is 12.8 Å². The third-order valence-electron chi connectivity index (χ3n) is 4.35. The molecule has 0 radical (unpaired) electrons. The number of rotatable bonds is 10. The molecule has 0 aliphatic carbocycles. The van der Waals surface area contributed by atoms with Crippen molar-refractivity contribution >= 4 is 21.9 Å². The van der Waals surface area contributed by atoms with Crippen molar-refractivity contribution in [2.24, 2.45) is 5.92 Å². The van der Waals surface area contributed by atoms with Gasteiger partial charge in [-0.3, -0.25) is 9.59 Å². The largest absolute Gasteiger partial charge is 0.497 e. The van der Waals surface area contributed by atoms with Crippen LogP contribution < -0.4 is 14.8 Å². The molecule has 0 heterocycles. The summed E-state index contributed by atoms with van der Waals surface area (Å²) in [4.78, 5) is 24.3. The Balaban J connectivity index is 1.95. The van der Waals surface area contributed by atoms with Crippen LogP contribution >= 0.6 is 0 Å². The van der Waals surface area contributed by atoms with E-state index in [1.807, 2.05) is 0 Å². The molecule has 31 heavy (non-hydrogen) atoms. The molecule has 0 aliphatic heterocycles. The third kappa shape index (κ3) is 7.04. The Morgan fingerprint density at radius 3 is 2.29 bits per heavy atom. The van der Waals surface area contributed by atoms with Gasteiger partial charge in [0.15, 0.2) is 6.61 Å². The predicted molar refractivity (Wildman–Crippen MR) is 111 cm³/mol. The number of ether oxygens (including phenoxy) is 2. The Labute approximate surface area is 180 Å². The summed E-state index contributed by atoms with van der Waals surface area (Å²) in [5.74, 6) is -1.96. The minimum absolute atomic E-state index is 0.0469. The molecule has 0 saturated heterocycles. The number of methoxy groups -OCH3 is 1. The van der Waals surface area contributed by atoms with Crippen LogP contribution in [0.1, 0.15) is 19.4 Å². The molecular formula is C21H25FN2O6S. The molecule has 0 saturated carbocycles. The zero-order valence-electron chi connectivity index (χ0n) is 17.4. The smallest absolute Gasteiger partial charge is 0.324 e. The first-order valence-electron chi connectivity index (χ1n) is 9.47. The lowest BCUT2D eigenvalue weighted by atomic mass is 10.1. The van der Waals surface area contributed by atoms with Crippen LogP contribution in [0.3, 0.4) is 0 Å². The Morgan fingerprint density at radius 1 is 1.06 bits per heavy atom. The van der Waals surface area contributed by atoms with Crippen LogP contribution in [0.2, 0.25) is 0 Å². The van der Waals surface area contributed by atoms with Crippen LogP contribution in [-0.4, -0.2) is 40.1 Å². The highest BCUT2D eigenvalue weighted by molar-refractivity contribution is 7.89. The van der Waals surface area contributed by atoms with Crippen molar-refractivity contribution in [3.05, 3.63) is 59.9 Å². The number of sulfonamides is 1. The van der Waals surface area contributed by atoms with Crippen molar-refractivity contribution < 1.29 is 31.9 Å². The fourth-order valence-electron chi connectivity index (χ4n) is 2.56. The van der Waals surface area contributed by atoms with Crippen molar-refractivity contribution in [2.75, 3.05) is 13.7 Å². The molecule has 0 aromatic heterocycles. The number of carbonyl (C=O) groups is 2. The lowest BCUT2D eigenvalue weighted by Crippen LogP contribution is -2.46. The van der Waals surface area contributed by atoms with E-state index in [0.29, 0.717) is 5.75 Å². The van der Waals surface area contributed by atoms with E-state index in [1.165, 1.54) is 49.6 Å². The number of hydrogen-bond donors (Lipinski definition) is 2. The molecule has 8 nitrogen and oxygen atoms in total. The molecule has 10 heteroatoms. The summed E-state index contributed by atoms with van der Waals surface area (Å²) in [6.45, 7) is 2.59. The first kappa shape index (κ1) is 24.3. The van der Waals surface area contributed by atoms with E-state index in [4.69, 9.17) is 9.47 Å². The summed E-state index contributed by atoms with van der Waals surface area (Å²) in [5, 5.41) is 2.44. The Morgan fingerprint density at radius 2 is 1.71 bits per heavy atom. The topological polar surface area (TPSA) is 111 Å². The maximum atomic E-state index is 13.6. The quantitative estimate of drug-likeness (QED) is 0.534. The number of nitrogens with one attached hydrogen (secondary N) is 2. The highest BCUT2D eigenvalue weighted by Crippen LogP contribution is 2.17. The minimum Gasteiger partial charge on any atom is -0.497 e. The van der Waals surface area contributed by atoms with E-state index in [9.17, 15) is 22.4 Å². The normalized spacial score (nSPS) is 12.3. The van der Waals surface area contributed by atoms with Gasteiger partial charge in [0.05, 0.1) is 12.0 Å². The van der Waals surface area contributed by atoms with Gasteiger partial charge >= 0.3 is 5.97 Å². The van der Waals surface area contributed by atoms with Gasteiger partial charge in [-0.1, -0.05) is 32.0 Å². The standard InChI is InChI=1S/C21H25FN2O6S/c1-14(2)20(24-31(27,28)17-10-8-16(29-3)9-11-17)21(26)30-13-19(25)23-12-15-6-4-5-7-18(15)22/h4-11,14,20,24H,12-13H2,1-3H3,(H,23,25)/t20-/m0/s1. The van der Waals surface area contributed by atoms with Gasteiger partial charge in [0.2, 0.25) is 10.0 Å². The van der Waals surface area contributed by atoms with Crippen LogP contribution in [0.4, 0.5) is 4.39 Å². The van der Waals surface area contributed by atoms with Gasteiger partial charge in [-0.2, -0.15) is 4.72 Å². The number of esters is 1. The molecule has 0 fully saturated rings. The first-order chi connectivity index (χ1) is 14.6. The molecule has 0 aliphatic rings. The maximum Gasteiger partial charge on any atom is 0.324 e. The van der Waals surface area contributed by atoms with Crippen molar-refractivity contribution in [3.63, 3.8) is 0 Å². The minimum atomic E-state index is -4.01. The van der Waals surface area contributed by atoms with Crippen LogP contribution in [0.25, 0.3) is 0 Å². The van der Waals surface area contributed by atoms with E-state index in [-0.39, 0.29) is 17.0 Å².